The molecule has 0 saturated carbocycles. The van der Waals surface area contributed by atoms with Crippen LogP contribution in [0.3, 0.4) is 0 Å². The molecule has 0 aliphatic carbocycles. The minimum atomic E-state index is 0.194. The number of nitrogens with zero attached hydrogens (tertiary/aromatic N) is 2. The van der Waals surface area contributed by atoms with E-state index >= 15 is 0 Å². The van der Waals surface area contributed by atoms with Crippen molar-refractivity contribution in [3.05, 3.63) is 0 Å². The summed E-state index contributed by atoms with van der Waals surface area (Å²) >= 11 is 9.53. The predicted octanol–water partition coefficient (Wildman–Crippen LogP) is 0.830. The standard InChI is InChI=1S/2C3H7NO.CH2Cl2/c2*1-4(2)3-5;2-1-3/h2*3H,1-2H3;1H2. The monoisotopic (exact) mass is 230 g/mol. The lowest BCUT2D eigenvalue weighted by Crippen LogP contribution is -2.06. The lowest BCUT2D eigenvalue weighted by molar-refractivity contribution is -0.116. The molecule has 0 rings (SSSR count). The van der Waals surface area contributed by atoms with Crippen LogP contribution in [0.15, 0.2) is 0 Å². The van der Waals surface area contributed by atoms with Gasteiger partial charge < -0.3 is 9.80 Å². The van der Waals surface area contributed by atoms with E-state index in [0.29, 0.717) is 0 Å². The van der Waals surface area contributed by atoms with Crippen LogP contribution in [0.1, 0.15) is 0 Å². The molecule has 0 radical (unpaired) electrons. The molecule has 0 saturated heterocycles. The van der Waals surface area contributed by atoms with E-state index < -0.39 is 0 Å². The number of halogens is 2. The maximum atomic E-state index is 9.43. The molecule has 80 valence electrons. The molecule has 0 fully saturated rings. The van der Waals surface area contributed by atoms with E-state index in [1.807, 2.05) is 0 Å². The van der Waals surface area contributed by atoms with E-state index in [0.717, 1.165) is 12.8 Å². The van der Waals surface area contributed by atoms with Crippen molar-refractivity contribution < 1.29 is 9.59 Å². The molecular weight excluding hydrogens is 215 g/mol. The van der Waals surface area contributed by atoms with E-state index in [-0.39, 0.29) is 5.34 Å². The van der Waals surface area contributed by atoms with Gasteiger partial charge in [-0.1, -0.05) is 0 Å². The Bertz CT molecular complexity index is 98.7. The topological polar surface area (TPSA) is 40.6 Å². The molecule has 2 amide bonds. The van der Waals surface area contributed by atoms with Crippen molar-refractivity contribution in [2.75, 3.05) is 33.5 Å². The number of amides is 2. The summed E-state index contributed by atoms with van der Waals surface area (Å²) in [5.41, 5.74) is 0. The predicted molar refractivity (Wildman–Crippen MR) is 56.1 cm³/mol. The highest BCUT2D eigenvalue weighted by Crippen LogP contribution is 1.73. The van der Waals surface area contributed by atoms with E-state index in [1.165, 1.54) is 9.80 Å². The molecule has 0 N–H and O–H groups in total. The Balaban J connectivity index is -0.000000120. The van der Waals surface area contributed by atoms with Crippen LogP contribution in [-0.4, -0.2) is 56.1 Å². The summed E-state index contributed by atoms with van der Waals surface area (Å²) < 4.78 is 0. The third kappa shape index (κ3) is 84.3. The molecule has 0 heterocycles. The van der Waals surface area contributed by atoms with Crippen LogP contribution in [0.4, 0.5) is 0 Å². The minimum Gasteiger partial charge on any atom is -0.351 e. The fourth-order valence-corrected chi connectivity index (χ4v) is 0. The fourth-order valence-electron chi connectivity index (χ4n) is 0. The smallest absolute Gasteiger partial charge is 0.209 e. The lowest BCUT2D eigenvalue weighted by Gasteiger charge is -1.93. The van der Waals surface area contributed by atoms with Crippen LogP contribution >= 0.6 is 23.2 Å². The number of hydrogen-bond donors (Lipinski definition) is 0. The highest BCUT2D eigenvalue weighted by molar-refractivity contribution is 6.40. The molecule has 13 heavy (non-hydrogen) atoms. The Morgan fingerprint density at radius 1 is 0.923 bits per heavy atom. The second kappa shape index (κ2) is 17.6. The first-order valence-corrected chi connectivity index (χ1v) is 4.38. The first kappa shape index (κ1) is 18.3. The quantitative estimate of drug-likeness (QED) is 0.521. The van der Waals surface area contributed by atoms with Crippen molar-refractivity contribution in [1.82, 2.24) is 9.80 Å². The van der Waals surface area contributed by atoms with Gasteiger partial charge in [0.1, 0.15) is 0 Å². The van der Waals surface area contributed by atoms with Gasteiger partial charge in [-0.15, -0.1) is 23.2 Å². The Kier molecular flexibility index (Phi) is 24.8. The number of hydrogen-bond acceptors (Lipinski definition) is 2. The Morgan fingerprint density at radius 3 is 1.00 bits per heavy atom. The van der Waals surface area contributed by atoms with Gasteiger partial charge in [0, 0.05) is 28.2 Å². The molecule has 0 aromatic heterocycles. The van der Waals surface area contributed by atoms with E-state index in [2.05, 4.69) is 0 Å². The molecule has 0 bridgehead atoms. The van der Waals surface area contributed by atoms with E-state index in [1.54, 1.807) is 28.2 Å². The first-order valence-electron chi connectivity index (χ1n) is 3.31. The van der Waals surface area contributed by atoms with Crippen LogP contribution in [0.2, 0.25) is 0 Å². The molecule has 0 aromatic carbocycles. The van der Waals surface area contributed by atoms with Crippen molar-refractivity contribution in [3.63, 3.8) is 0 Å². The largest absolute Gasteiger partial charge is 0.351 e. The second-order valence-electron chi connectivity index (χ2n) is 2.24. The van der Waals surface area contributed by atoms with Gasteiger partial charge in [0.2, 0.25) is 12.8 Å². The zero-order valence-corrected chi connectivity index (χ0v) is 9.84. The van der Waals surface area contributed by atoms with Gasteiger partial charge >= 0.3 is 0 Å². The average molecular weight is 231 g/mol. The molecule has 0 atom stereocenters. The molecule has 0 unspecified atom stereocenters. The average Bonchev–Trinajstić information content (AvgIpc) is 2.07. The summed E-state index contributed by atoms with van der Waals surface area (Å²) in [6, 6.07) is 0. The Morgan fingerprint density at radius 2 is 1.00 bits per heavy atom. The number of carbonyl (C=O) groups excluding carboxylic acids is 2. The second-order valence-corrected chi connectivity index (χ2v) is 3.05. The van der Waals surface area contributed by atoms with Crippen molar-refractivity contribution in [1.29, 1.82) is 0 Å². The van der Waals surface area contributed by atoms with Crippen molar-refractivity contribution >= 4 is 36.0 Å². The summed E-state index contributed by atoms with van der Waals surface area (Å²) in [6.45, 7) is 0. The zero-order valence-electron chi connectivity index (χ0n) is 8.33. The summed E-state index contributed by atoms with van der Waals surface area (Å²) in [6.07, 6.45) is 1.50. The van der Waals surface area contributed by atoms with Crippen molar-refractivity contribution in [2.24, 2.45) is 0 Å². The molecule has 0 aliphatic heterocycles. The maximum Gasteiger partial charge on any atom is 0.209 e. The lowest BCUT2D eigenvalue weighted by atomic mass is 11.0. The highest BCUT2D eigenvalue weighted by atomic mass is 35.5. The van der Waals surface area contributed by atoms with Gasteiger partial charge in [-0.2, -0.15) is 0 Å². The summed E-state index contributed by atoms with van der Waals surface area (Å²) in [4.78, 5) is 21.8. The van der Waals surface area contributed by atoms with Crippen LogP contribution < -0.4 is 0 Å². The number of carbonyl (C=O) groups is 2. The number of rotatable bonds is 2. The summed E-state index contributed by atoms with van der Waals surface area (Å²) in [5.74, 6) is 0. The number of alkyl halides is 2. The molecule has 4 nitrogen and oxygen atoms in total. The SMILES string of the molecule is CN(C)C=O.CN(C)C=O.ClCCl. The van der Waals surface area contributed by atoms with Gasteiger partial charge in [0.25, 0.3) is 0 Å². The van der Waals surface area contributed by atoms with E-state index in [4.69, 9.17) is 23.2 Å². The molecule has 6 heteroatoms. The van der Waals surface area contributed by atoms with Gasteiger partial charge in [-0.3, -0.25) is 9.59 Å². The summed E-state index contributed by atoms with van der Waals surface area (Å²) in [5, 5.41) is 0.194. The maximum absolute atomic E-state index is 9.43. The molecule has 0 aliphatic rings. The van der Waals surface area contributed by atoms with Gasteiger partial charge in [0.05, 0.1) is 5.34 Å². The molecule has 0 spiro atoms. The van der Waals surface area contributed by atoms with Crippen LogP contribution in [-0.2, 0) is 9.59 Å². The van der Waals surface area contributed by atoms with Crippen LogP contribution in [0, 0.1) is 0 Å². The normalized spacial score (nSPS) is 6.62. The Labute approximate surface area is 89.4 Å². The van der Waals surface area contributed by atoms with Crippen molar-refractivity contribution in [3.8, 4) is 0 Å². The van der Waals surface area contributed by atoms with Gasteiger partial charge in [-0.05, 0) is 0 Å². The Hall–Kier alpha value is -0.480. The first-order chi connectivity index (χ1) is 5.95. The third-order valence-electron chi connectivity index (χ3n) is 0.422. The summed E-state index contributed by atoms with van der Waals surface area (Å²) in [7, 11) is 6.75. The van der Waals surface area contributed by atoms with Gasteiger partial charge in [-0.25, -0.2) is 0 Å². The van der Waals surface area contributed by atoms with E-state index in [9.17, 15) is 9.59 Å². The third-order valence-corrected chi connectivity index (χ3v) is 0.422. The molecular formula is C7H16Cl2N2O2. The van der Waals surface area contributed by atoms with Crippen LogP contribution in [0.5, 0.6) is 0 Å². The zero-order chi connectivity index (χ0) is 11.3. The van der Waals surface area contributed by atoms with Crippen LogP contribution in [0.25, 0.3) is 0 Å². The highest BCUT2D eigenvalue weighted by Gasteiger charge is 1.68. The van der Waals surface area contributed by atoms with Gasteiger partial charge in [0.15, 0.2) is 0 Å². The van der Waals surface area contributed by atoms with Crippen molar-refractivity contribution in [2.45, 2.75) is 0 Å². The minimum absolute atomic E-state index is 0.194. The fraction of sp³-hybridized carbons (Fsp3) is 0.714. The molecule has 0 aromatic rings.